The first kappa shape index (κ1) is 42.0. The van der Waals surface area contributed by atoms with Crippen LogP contribution in [-0.2, 0) is 28.6 Å². The van der Waals surface area contributed by atoms with E-state index in [4.69, 9.17) is 14.2 Å². The van der Waals surface area contributed by atoms with Crippen molar-refractivity contribution < 1.29 is 38.2 Å². The molecule has 0 aromatic carbocycles. The van der Waals surface area contributed by atoms with Crippen molar-refractivity contribution in [2.24, 2.45) is 0 Å². The second kappa shape index (κ2) is 28.5. The fraction of sp³-hybridized carbons (Fsp3) is 0.649. The largest absolute Gasteiger partial charge is 0.544 e. The van der Waals surface area contributed by atoms with Crippen LogP contribution in [0.4, 0.5) is 0 Å². The van der Waals surface area contributed by atoms with E-state index < -0.39 is 24.1 Å². The zero-order valence-corrected chi connectivity index (χ0v) is 28.8. The van der Waals surface area contributed by atoms with E-state index in [1.807, 2.05) is 12.2 Å². The number of unbranched alkanes of at least 4 members (excludes halogenated alkanes) is 5. The number of quaternary nitrogens is 1. The van der Waals surface area contributed by atoms with Crippen LogP contribution in [0.15, 0.2) is 60.8 Å². The predicted octanol–water partition coefficient (Wildman–Crippen LogP) is 6.56. The summed E-state index contributed by atoms with van der Waals surface area (Å²) in [6.07, 6.45) is 31.6. The van der Waals surface area contributed by atoms with E-state index in [1.165, 1.54) is 19.3 Å². The maximum atomic E-state index is 12.5. The molecular weight excluding hydrogens is 570 g/mol. The Morgan fingerprint density at radius 1 is 0.689 bits per heavy atom. The lowest BCUT2D eigenvalue weighted by molar-refractivity contribution is -0.889. The molecule has 0 aromatic heterocycles. The molecule has 0 rings (SSSR count). The molecule has 0 aliphatic heterocycles. The molecule has 0 saturated carbocycles. The van der Waals surface area contributed by atoms with Crippen molar-refractivity contribution in [3.8, 4) is 0 Å². The highest BCUT2D eigenvalue weighted by molar-refractivity contribution is 5.71. The fourth-order valence-electron chi connectivity index (χ4n) is 4.32. The first-order valence-corrected chi connectivity index (χ1v) is 16.8. The monoisotopic (exact) mass is 631 g/mol. The average Bonchev–Trinajstić information content (AvgIpc) is 2.98. The van der Waals surface area contributed by atoms with Gasteiger partial charge in [0.25, 0.3) is 0 Å². The highest BCUT2D eigenvalue weighted by Gasteiger charge is 2.25. The number of carboxylic acids is 1. The Kier molecular flexibility index (Phi) is 26.6. The lowest BCUT2D eigenvalue weighted by atomic mass is 10.1. The highest BCUT2D eigenvalue weighted by Crippen LogP contribution is 2.10. The van der Waals surface area contributed by atoms with Gasteiger partial charge in [0.2, 0.25) is 0 Å². The Bertz CT molecular complexity index is 928. The SMILES string of the molecule is CC/C=C\C/C=C\C/C=C\C/C=C\C/C=C\CC(=O)OC(COCCC(C(=O)[O-])[N+](C)(C)C)COC(=O)CCCCCCCC. The number of carbonyl (C=O) groups is 3. The minimum Gasteiger partial charge on any atom is -0.544 e. The van der Waals surface area contributed by atoms with E-state index >= 15 is 0 Å². The van der Waals surface area contributed by atoms with Crippen LogP contribution in [0.25, 0.3) is 0 Å². The molecular formula is C37H61NO7. The second-order valence-corrected chi connectivity index (χ2v) is 12.0. The van der Waals surface area contributed by atoms with Crippen LogP contribution in [0.5, 0.6) is 0 Å². The summed E-state index contributed by atoms with van der Waals surface area (Å²) in [6.45, 7) is 4.33. The van der Waals surface area contributed by atoms with Crippen molar-refractivity contribution in [2.75, 3.05) is 41.0 Å². The normalized spacial score (nSPS) is 13.9. The third-order valence-electron chi connectivity index (χ3n) is 6.95. The van der Waals surface area contributed by atoms with E-state index in [9.17, 15) is 19.5 Å². The zero-order chi connectivity index (χ0) is 33.6. The summed E-state index contributed by atoms with van der Waals surface area (Å²) in [6, 6.07) is -0.739. The molecule has 0 spiro atoms. The summed E-state index contributed by atoms with van der Waals surface area (Å²) < 4.78 is 16.8. The van der Waals surface area contributed by atoms with Gasteiger partial charge in [0.15, 0.2) is 6.10 Å². The molecule has 0 N–H and O–H groups in total. The number of rotatable bonds is 28. The van der Waals surface area contributed by atoms with Crippen LogP contribution in [0.1, 0.15) is 104 Å². The van der Waals surface area contributed by atoms with Gasteiger partial charge in [-0.3, -0.25) is 9.59 Å². The Morgan fingerprint density at radius 3 is 1.76 bits per heavy atom. The third kappa shape index (κ3) is 27.1. The molecule has 0 fully saturated rings. The number of ether oxygens (including phenoxy) is 3. The summed E-state index contributed by atoms with van der Waals surface area (Å²) >= 11 is 0. The van der Waals surface area contributed by atoms with E-state index in [0.717, 1.165) is 44.9 Å². The average molecular weight is 632 g/mol. The lowest BCUT2D eigenvalue weighted by Gasteiger charge is -2.34. The van der Waals surface area contributed by atoms with E-state index in [2.05, 4.69) is 56.4 Å². The van der Waals surface area contributed by atoms with Gasteiger partial charge in [-0.2, -0.15) is 0 Å². The number of esters is 2. The maximum Gasteiger partial charge on any atom is 0.310 e. The Morgan fingerprint density at radius 2 is 1.22 bits per heavy atom. The van der Waals surface area contributed by atoms with Crippen LogP contribution in [0, 0.1) is 0 Å². The topological polar surface area (TPSA) is 102 Å². The van der Waals surface area contributed by atoms with Crippen LogP contribution in [-0.4, -0.2) is 75.5 Å². The summed E-state index contributed by atoms with van der Waals surface area (Å²) in [5.74, 6) is -1.92. The van der Waals surface area contributed by atoms with Crippen molar-refractivity contribution in [1.29, 1.82) is 0 Å². The minimum absolute atomic E-state index is 0.00137. The fourth-order valence-corrected chi connectivity index (χ4v) is 4.32. The molecule has 45 heavy (non-hydrogen) atoms. The van der Waals surface area contributed by atoms with Crippen molar-refractivity contribution in [1.82, 2.24) is 0 Å². The Hall–Kier alpha value is -2.97. The molecule has 2 atom stereocenters. The van der Waals surface area contributed by atoms with Crippen molar-refractivity contribution in [2.45, 2.75) is 116 Å². The molecule has 2 unspecified atom stereocenters. The number of nitrogens with zero attached hydrogens (tertiary/aromatic N) is 1. The summed E-state index contributed by atoms with van der Waals surface area (Å²) in [5.41, 5.74) is 0. The van der Waals surface area contributed by atoms with Gasteiger partial charge < -0.3 is 28.6 Å². The Balaban J connectivity index is 4.62. The molecule has 0 heterocycles. The quantitative estimate of drug-likeness (QED) is 0.0417. The maximum absolute atomic E-state index is 12.5. The smallest absolute Gasteiger partial charge is 0.310 e. The molecule has 0 saturated heterocycles. The van der Waals surface area contributed by atoms with Gasteiger partial charge in [-0.05, 0) is 38.5 Å². The molecule has 256 valence electrons. The Labute approximate surface area is 273 Å². The van der Waals surface area contributed by atoms with Crippen molar-refractivity contribution in [3.63, 3.8) is 0 Å². The number of carboxylic acid groups (broad SMARTS) is 1. The molecule has 0 aromatic rings. The standard InChI is InChI=1S/C37H61NO7/c1-6-8-10-12-14-15-16-17-18-19-20-21-22-24-26-28-36(40)45-33(31-43-30-29-34(37(41)42)38(3,4)5)32-44-35(39)27-25-23-13-11-9-7-2/h8,10,14-15,17-18,20-21,24,26,33-34H,6-7,9,11-13,16,19,22-23,25,27-32H2,1-5H3/b10-8-,15-14-,18-17-,21-20-,26-24-. The number of hydrogen-bond acceptors (Lipinski definition) is 7. The van der Waals surface area contributed by atoms with Crippen LogP contribution < -0.4 is 5.11 Å². The van der Waals surface area contributed by atoms with Gasteiger partial charge in [0.1, 0.15) is 12.6 Å². The summed E-state index contributed by atoms with van der Waals surface area (Å²) in [4.78, 5) is 36.3. The van der Waals surface area contributed by atoms with Crippen LogP contribution in [0.2, 0.25) is 0 Å². The molecule has 0 aliphatic rings. The van der Waals surface area contributed by atoms with E-state index in [1.54, 1.807) is 27.2 Å². The number of carbonyl (C=O) groups excluding carboxylic acids is 3. The van der Waals surface area contributed by atoms with Crippen molar-refractivity contribution >= 4 is 17.9 Å². The number of likely N-dealkylation sites (N-methyl/N-ethyl adjacent to an activating group) is 1. The van der Waals surface area contributed by atoms with Gasteiger partial charge >= 0.3 is 11.9 Å². The number of hydrogen-bond donors (Lipinski definition) is 0. The second-order valence-electron chi connectivity index (χ2n) is 12.0. The number of aliphatic carboxylic acids is 1. The third-order valence-corrected chi connectivity index (χ3v) is 6.95. The molecule has 0 aliphatic carbocycles. The summed E-state index contributed by atoms with van der Waals surface area (Å²) in [7, 11) is 5.34. The van der Waals surface area contributed by atoms with Gasteiger partial charge in [-0.25, -0.2) is 0 Å². The lowest BCUT2D eigenvalue weighted by Crippen LogP contribution is -2.55. The van der Waals surface area contributed by atoms with Gasteiger partial charge in [0, 0.05) is 12.8 Å². The van der Waals surface area contributed by atoms with E-state index in [0.29, 0.717) is 12.8 Å². The van der Waals surface area contributed by atoms with Crippen LogP contribution in [0.3, 0.4) is 0 Å². The number of allylic oxidation sites excluding steroid dienone is 9. The van der Waals surface area contributed by atoms with Gasteiger partial charge in [-0.15, -0.1) is 0 Å². The van der Waals surface area contributed by atoms with E-state index in [-0.39, 0.29) is 43.1 Å². The predicted molar refractivity (Wildman–Crippen MR) is 180 cm³/mol. The molecule has 0 amide bonds. The minimum atomic E-state index is -1.14. The molecule has 8 nitrogen and oxygen atoms in total. The van der Waals surface area contributed by atoms with Gasteiger partial charge in [-0.1, -0.05) is 107 Å². The highest BCUT2D eigenvalue weighted by atomic mass is 16.6. The molecule has 0 radical (unpaired) electrons. The molecule has 8 heteroatoms. The first-order valence-electron chi connectivity index (χ1n) is 16.8. The first-order chi connectivity index (χ1) is 21.6. The molecule has 0 bridgehead atoms. The zero-order valence-electron chi connectivity index (χ0n) is 28.8. The van der Waals surface area contributed by atoms with Crippen LogP contribution >= 0.6 is 0 Å². The summed E-state index contributed by atoms with van der Waals surface area (Å²) in [5, 5.41) is 11.5. The van der Waals surface area contributed by atoms with Gasteiger partial charge in [0.05, 0.1) is 46.7 Å². The van der Waals surface area contributed by atoms with Crippen molar-refractivity contribution in [3.05, 3.63) is 60.8 Å².